The Hall–Kier alpha value is -2.84. The lowest BCUT2D eigenvalue weighted by Crippen LogP contribution is -2.27. The fourth-order valence-electron chi connectivity index (χ4n) is 2.68. The van der Waals surface area contributed by atoms with Gasteiger partial charge in [0.25, 0.3) is 5.91 Å². The van der Waals surface area contributed by atoms with E-state index in [0.29, 0.717) is 32.1 Å². The molecule has 2 aromatic carbocycles. The molecule has 2 amide bonds. The van der Waals surface area contributed by atoms with Crippen LogP contribution < -0.4 is 19.7 Å². The second-order valence-corrected chi connectivity index (χ2v) is 7.53. The first kappa shape index (κ1) is 19.9. The number of nitrogens with one attached hydrogen (secondary N) is 1. The predicted octanol–water partition coefficient (Wildman–Crippen LogP) is 4.07. The minimum absolute atomic E-state index is 0.159. The maximum absolute atomic E-state index is 12.9. The number of thiocarbonyl (C=S) groups is 1. The molecule has 0 saturated carbocycles. The number of hydrogen-bond acceptors (Lipinski definition) is 6. The third-order valence-corrected chi connectivity index (χ3v) is 5.27. The summed E-state index contributed by atoms with van der Waals surface area (Å²) in [5.74, 6) is 0.919. The molecule has 1 N–H and O–H groups in total. The number of methoxy groups -OCH3 is 2. The predicted molar refractivity (Wildman–Crippen MR) is 116 cm³/mol. The lowest BCUT2D eigenvalue weighted by atomic mass is 10.1. The highest BCUT2D eigenvalue weighted by Crippen LogP contribution is 2.38. The Bertz CT molecular complexity index is 971. The van der Waals surface area contributed by atoms with Crippen molar-refractivity contribution in [1.82, 2.24) is 0 Å². The Morgan fingerprint density at radius 2 is 1.86 bits per heavy atom. The molecule has 0 aliphatic carbocycles. The van der Waals surface area contributed by atoms with E-state index in [0.717, 1.165) is 5.56 Å². The van der Waals surface area contributed by atoms with Crippen molar-refractivity contribution >= 4 is 57.6 Å². The van der Waals surface area contributed by atoms with Crippen molar-refractivity contribution in [3.63, 3.8) is 0 Å². The van der Waals surface area contributed by atoms with E-state index >= 15 is 0 Å². The third kappa shape index (κ3) is 4.18. The molecule has 1 aliphatic heterocycles. The minimum atomic E-state index is -0.216. The molecule has 28 heavy (non-hydrogen) atoms. The maximum atomic E-state index is 12.9. The lowest BCUT2D eigenvalue weighted by Gasteiger charge is -2.15. The van der Waals surface area contributed by atoms with Gasteiger partial charge in [0.2, 0.25) is 5.91 Å². The van der Waals surface area contributed by atoms with E-state index in [1.165, 1.54) is 23.6 Å². The number of rotatable bonds is 5. The second-order valence-electron chi connectivity index (χ2n) is 5.85. The second kappa shape index (κ2) is 8.45. The molecule has 2 aromatic rings. The molecular formula is C20H18N2O4S2. The SMILES string of the molecule is COc1ccc(OC)c(/C=C2/SC(=S)N(c3ccc(NC(C)=O)cc3)C2=O)c1. The van der Waals surface area contributed by atoms with Crippen molar-refractivity contribution in [2.45, 2.75) is 6.92 Å². The van der Waals surface area contributed by atoms with E-state index in [2.05, 4.69) is 5.32 Å². The van der Waals surface area contributed by atoms with Crippen LogP contribution >= 0.6 is 24.0 Å². The number of carbonyl (C=O) groups excluding carboxylic acids is 2. The van der Waals surface area contributed by atoms with Crippen molar-refractivity contribution in [1.29, 1.82) is 0 Å². The fourth-order valence-corrected chi connectivity index (χ4v) is 3.97. The third-order valence-electron chi connectivity index (χ3n) is 3.96. The Balaban J connectivity index is 1.90. The number of benzene rings is 2. The highest BCUT2D eigenvalue weighted by atomic mass is 32.2. The van der Waals surface area contributed by atoms with Crippen LogP contribution in [0.15, 0.2) is 47.4 Å². The summed E-state index contributed by atoms with van der Waals surface area (Å²) in [6, 6.07) is 12.3. The van der Waals surface area contributed by atoms with Gasteiger partial charge >= 0.3 is 0 Å². The van der Waals surface area contributed by atoms with Crippen molar-refractivity contribution in [3.05, 3.63) is 52.9 Å². The van der Waals surface area contributed by atoms with E-state index < -0.39 is 0 Å². The summed E-state index contributed by atoms with van der Waals surface area (Å²) in [6.07, 6.45) is 1.74. The van der Waals surface area contributed by atoms with Crippen LogP contribution in [0.4, 0.5) is 11.4 Å². The molecule has 0 radical (unpaired) electrons. The highest BCUT2D eigenvalue weighted by Gasteiger charge is 2.33. The molecule has 0 spiro atoms. The van der Waals surface area contributed by atoms with Gasteiger partial charge in [-0.25, -0.2) is 0 Å². The smallest absolute Gasteiger partial charge is 0.270 e. The summed E-state index contributed by atoms with van der Waals surface area (Å²) in [5, 5.41) is 2.69. The van der Waals surface area contributed by atoms with Crippen LogP contribution in [-0.2, 0) is 9.59 Å². The maximum Gasteiger partial charge on any atom is 0.270 e. The number of thioether (sulfide) groups is 1. The summed E-state index contributed by atoms with van der Waals surface area (Å²) in [6.45, 7) is 1.44. The normalized spacial score (nSPS) is 15.1. The van der Waals surface area contributed by atoms with Crippen LogP contribution in [0.2, 0.25) is 0 Å². The Labute approximate surface area is 172 Å². The average molecular weight is 415 g/mol. The fraction of sp³-hybridized carbons (Fsp3) is 0.150. The number of carbonyl (C=O) groups is 2. The Morgan fingerprint density at radius 1 is 1.14 bits per heavy atom. The summed E-state index contributed by atoms with van der Waals surface area (Å²) in [5.41, 5.74) is 2.01. The molecule has 0 unspecified atom stereocenters. The Kier molecular flexibility index (Phi) is 6.01. The van der Waals surface area contributed by atoms with Gasteiger partial charge in [-0.2, -0.15) is 0 Å². The number of amides is 2. The van der Waals surface area contributed by atoms with E-state index in [1.807, 2.05) is 0 Å². The quantitative estimate of drug-likeness (QED) is 0.588. The van der Waals surface area contributed by atoms with Gasteiger partial charge in [0.05, 0.1) is 24.8 Å². The van der Waals surface area contributed by atoms with Gasteiger partial charge in [-0.1, -0.05) is 24.0 Å². The highest BCUT2D eigenvalue weighted by molar-refractivity contribution is 8.27. The number of ether oxygens (including phenoxy) is 2. The van der Waals surface area contributed by atoms with Gasteiger partial charge in [0.15, 0.2) is 4.32 Å². The van der Waals surface area contributed by atoms with Gasteiger partial charge in [-0.15, -0.1) is 0 Å². The number of hydrogen-bond donors (Lipinski definition) is 1. The summed E-state index contributed by atoms with van der Waals surface area (Å²) >= 11 is 6.63. The van der Waals surface area contributed by atoms with E-state index in [9.17, 15) is 9.59 Å². The average Bonchev–Trinajstić information content (AvgIpc) is 2.95. The van der Waals surface area contributed by atoms with Crippen LogP contribution in [0.25, 0.3) is 6.08 Å². The van der Waals surface area contributed by atoms with Crippen molar-refractivity contribution in [2.75, 3.05) is 24.4 Å². The van der Waals surface area contributed by atoms with Crippen LogP contribution in [0, 0.1) is 0 Å². The first-order valence-electron chi connectivity index (χ1n) is 8.30. The molecule has 1 heterocycles. The summed E-state index contributed by atoms with van der Waals surface area (Å²) in [4.78, 5) is 26.0. The monoisotopic (exact) mass is 414 g/mol. The molecule has 0 bridgehead atoms. The van der Waals surface area contributed by atoms with E-state index in [4.69, 9.17) is 21.7 Å². The zero-order valence-electron chi connectivity index (χ0n) is 15.5. The first-order valence-corrected chi connectivity index (χ1v) is 9.53. The Morgan fingerprint density at radius 3 is 2.46 bits per heavy atom. The lowest BCUT2D eigenvalue weighted by molar-refractivity contribution is -0.114. The summed E-state index contributed by atoms with van der Waals surface area (Å²) < 4.78 is 11.1. The van der Waals surface area contributed by atoms with Gasteiger partial charge in [0.1, 0.15) is 11.5 Å². The van der Waals surface area contributed by atoms with Crippen LogP contribution in [-0.4, -0.2) is 30.4 Å². The number of anilines is 2. The van der Waals surface area contributed by atoms with Gasteiger partial charge < -0.3 is 14.8 Å². The topological polar surface area (TPSA) is 67.9 Å². The standard InChI is InChI=1S/C20H18N2O4S2/c1-12(23)21-14-4-6-15(7-5-14)22-19(24)18(28-20(22)27)11-13-10-16(25-2)8-9-17(13)26-3/h4-11H,1-3H3,(H,21,23)/b18-11+. The van der Waals surface area contributed by atoms with E-state index in [1.54, 1.807) is 62.8 Å². The minimum Gasteiger partial charge on any atom is -0.497 e. The van der Waals surface area contributed by atoms with Crippen LogP contribution in [0.3, 0.4) is 0 Å². The molecule has 3 rings (SSSR count). The van der Waals surface area contributed by atoms with Crippen LogP contribution in [0.1, 0.15) is 12.5 Å². The van der Waals surface area contributed by atoms with Gasteiger partial charge in [-0.3, -0.25) is 14.5 Å². The zero-order chi connectivity index (χ0) is 20.3. The molecule has 0 aromatic heterocycles. The molecule has 6 nitrogen and oxygen atoms in total. The molecular weight excluding hydrogens is 396 g/mol. The molecule has 1 fully saturated rings. The van der Waals surface area contributed by atoms with Gasteiger partial charge in [-0.05, 0) is 48.5 Å². The molecule has 0 atom stereocenters. The first-order chi connectivity index (χ1) is 13.4. The van der Waals surface area contributed by atoms with E-state index in [-0.39, 0.29) is 11.8 Å². The van der Waals surface area contributed by atoms with Gasteiger partial charge in [0, 0.05) is 18.2 Å². The van der Waals surface area contributed by atoms with Crippen molar-refractivity contribution in [2.24, 2.45) is 0 Å². The van der Waals surface area contributed by atoms with Crippen molar-refractivity contribution < 1.29 is 19.1 Å². The zero-order valence-corrected chi connectivity index (χ0v) is 17.1. The van der Waals surface area contributed by atoms with Crippen molar-refractivity contribution in [3.8, 4) is 11.5 Å². The molecule has 1 saturated heterocycles. The summed E-state index contributed by atoms with van der Waals surface area (Å²) in [7, 11) is 3.15. The largest absolute Gasteiger partial charge is 0.497 e. The number of nitrogens with zero attached hydrogens (tertiary/aromatic N) is 1. The molecule has 8 heteroatoms. The van der Waals surface area contributed by atoms with Crippen LogP contribution in [0.5, 0.6) is 11.5 Å². The molecule has 1 aliphatic rings. The molecule has 144 valence electrons.